The molecule has 164 valence electrons. The molecule has 3 rings (SSSR count). The quantitative estimate of drug-likeness (QED) is 0.685. The molecule has 6 nitrogen and oxygen atoms in total. The minimum absolute atomic E-state index is 0.0108. The van der Waals surface area contributed by atoms with Gasteiger partial charge in [-0.3, -0.25) is 0 Å². The van der Waals surface area contributed by atoms with E-state index < -0.39 is 30.7 Å². The second-order valence-electron chi connectivity index (χ2n) is 7.47. The molecular formula is C23H24F2N2O4. The third kappa shape index (κ3) is 6.04. The Morgan fingerprint density at radius 2 is 1.55 bits per heavy atom. The number of rotatable bonds is 6. The van der Waals surface area contributed by atoms with Gasteiger partial charge in [0.2, 0.25) is 0 Å². The fourth-order valence-corrected chi connectivity index (χ4v) is 3.41. The zero-order valence-corrected chi connectivity index (χ0v) is 16.9. The molecule has 1 unspecified atom stereocenters. The number of amides is 2. The second kappa shape index (κ2) is 10.1. The Hall–Kier alpha value is -3.42. The van der Waals surface area contributed by atoms with Crippen molar-refractivity contribution in [2.75, 3.05) is 13.1 Å². The smallest absolute Gasteiger partial charge is 0.410 e. The van der Waals surface area contributed by atoms with Crippen LogP contribution in [0, 0.1) is 0 Å². The molecule has 0 spiro atoms. The molecule has 2 aromatic rings. The SMILES string of the molecule is C=C1CN(C(=O)OCc2ccccc2)CC(NC(=O)OCc2ccccc2)(C(F)F)C1. The van der Waals surface area contributed by atoms with Crippen molar-refractivity contribution in [1.29, 1.82) is 0 Å². The number of carbonyl (C=O) groups excluding carboxylic acids is 2. The number of piperidine rings is 1. The molecule has 1 heterocycles. The molecule has 1 saturated heterocycles. The van der Waals surface area contributed by atoms with Crippen LogP contribution in [-0.4, -0.2) is 42.1 Å². The Morgan fingerprint density at radius 1 is 1.00 bits per heavy atom. The first kappa shape index (κ1) is 22.3. The second-order valence-corrected chi connectivity index (χ2v) is 7.47. The third-order valence-electron chi connectivity index (χ3n) is 4.90. The van der Waals surface area contributed by atoms with Crippen LogP contribution in [0.4, 0.5) is 18.4 Å². The van der Waals surface area contributed by atoms with E-state index in [0.29, 0.717) is 5.57 Å². The van der Waals surface area contributed by atoms with Crippen LogP contribution in [0.5, 0.6) is 0 Å². The number of hydrogen-bond donors (Lipinski definition) is 1. The first-order valence-corrected chi connectivity index (χ1v) is 9.77. The molecule has 1 aliphatic heterocycles. The number of halogens is 2. The fraction of sp³-hybridized carbons (Fsp3) is 0.304. The summed E-state index contributed by atoms with van der Waals surface area (Å²) in [5.74, 6) is 0. The number of nitrogens with one attached hydrogen (secondary N) is 1. The highest BCUT2D eigenvalue weighted by molar-refractivity contribution is 5.71. The van der Waals surface area contributed by atoms with E-state index in [1.54, 1.807) is 48.5 Å². The first-order chi connectivity index (χ1) is 14.9. The van der Waals surface area contributed by atoms with Gasteiger partial charge in [0.25, 0.3) is 6.43 Å². The van der Waals surface area contributed by atoms with Crippen molar-refractivity contribution in [2.45, 2.75) is 31.6 Å². The van der Waals surface area contributed by atoms with Gasteiger partial charge in [-0.25, -0.2) is 18.4 Å². The zero-order chi connectivity index (χ0) is 22.3. The van der Waals surface area contributed by atoms with E-state index >= 15 is 0 Å². The highest BCUT2D eigenvalue weighted by Gasteiger charge is 2.48. The van der Waals surface area contributed by atoms with Crippen LogP contribution in [-0.2, 0) is 22.7 Å². The van der Waals surface area contributed by atoms with E-state index in [2.05, 4.69) is 11.9 Å². The molecule has 0 saturated carbocycles. The normalized spacial score (nSPS) is 18.5. The standard InChI is InChI=1S/C23H24F2N2O4/c1-17-12-23(20(24)25,26-21(28)30-14-18-8-4-2-5-9-18)16-27(13-17)22(29)31-15-19-10-6-3-7-11-19/h2-11,20H,1,12-16H2,(H,26,28). The molecule has 31 heavy (non-hydrogen) atoms. The molecule has 1 fully saturated rings. The van der Waals surface area contributed by atoms with Gasteiger partial charge in [0.1, 0.15) is 18.8 Å². The van der Waals surface area contributed by atoms with Gasteiger partial charge in [0, 0.05) is 13.0 Å². The summed E-state index contributed by atoms with van der Waals surface area (Å²) >= 11 is 0. The molecule has 2 aromatic carbocycles. The Morgan fingerprint density at radius 3 is 2.10 bits per heavy atom. The lowest BCUT2D eigenvalue weighted by molar-refractivity contribution is -0.00738. The number of benzene rings is 2. The minimum atomic E-state index is -2.95. The lowest BCUT2D eigenvalue weighted by Crippen LogP contribution is -2.64. The molecule has 0 radical (unpaired) electrons. The van der Waals surface area contributed by atoms with Crippen molar-refractivity contribution in [3.63, 3.8) is 0 Å². The van der Waals surface area contributed by atoms with Crippen LogP contribution in [0.15, 0.2) is 72.8 Å². The van der Waals surface area contributed by atoms with Crippen LogP contribution < -0.4 is 5.32 Å². The minimum Gasteiger partial charge on any atom is -0.445 e. The van der Waals surface area contributed by atoms with E-state index in [0.717, 1.165) is 16.0 Å². The summed E-state index contributed by atoms with van der Waals surface area (Å²) in [6.07, 6.45) is -4.86. The molecule has 1 atom stereocenters. The predicted molar refractivity (Wildman–Crippen MR) is 110 cm³/mol. The van der Waals surface area contributed by atoms with Gasteiger partial charge in [-0.05, 0) is 11.1 Å². The van der Waals surface area contributed by atoms with Gasteiger partial charge in [-0.2, -0.15) is 0 Å². The van der Waals surface area contributed by atoms with E-state index in [1.165, 1.54) is 0 Å². The zero-order valence-electron chi connectivity index (χ0n) is 16.9. The number of nitrogens with zero attached hydrogens (tertiary/aromatic N) is 1. The van der Waals surface area contributed by atoms with Gasteiger partial charge >= 0.3 is 12.2 Å². The topological polar surface area (TPSA) is 67.9 Å². The van der Waals surface area contributed by atoms with Crippen molar-refractivity contribution >= 4 is 12.2 Å². The van der Waals surface area contributed by atoms with E-state index in [4.69, 9.17) is 9.47 Å². The van der Waals surface area contributed by atoms with Gasteiger partial charge in [0.05, 0.1) is 6.54 Å². The van der Waals surface area contributed by atoms with E-state index in [1.807, 2.05) is 12.1 Å². The Kier molecular flexibility index (Phi) is 7.23. The Labute approximate surface area is 179 Å². The third-order valence-corrected chi connectivity index (χ3v) is 4.90. The number of alkyl carbamates (subject to hydrolysis) is 1. The summed E-state index contributed by atoms with van der Waals surface area (Å²) < 4.78 is 38.5. The lowest BCUT2D eigenvalue weighted by atomic mass is 9.87. The molecular weight excluding hydrogens is 406 g/mol. The summed E-state index contributed by atoms with van der Waals surface area (Å²) in [5.41, 5.74) is -0.126. The van der Waals surface area contributed by atoms with Gasteiger partial charge in [-0.15, -0.1) is 0 Å². The molecule has 1 aliphatic rings. The van der Waals surface area contributed by atoms with Crippen molar-refractivity contribution in [3.05, 3.63) is 83.9 Å². The molecule has 1 N–H and O–H groups in total. The number of hydrogen-bond acceptors (Lipinski definition) is 4. The molecule has 8 heteroatoms. The monoisotopic (exact) mass is 430 g/mol. The van der Waals surface area contributed by atoms with Crippen LogP contribution in [0.25, 0.3) is 0 Å². The summed E-state index contributed by atoms with van der Waals surface area (Å²) in [6.45, 7) is 3.37. The van der Waals surface area contributed by atoms with Crippen LogP contribution in [0.1, 0.15) is 17.5 Å². The highest BCUT2D eigenvalue weighted by Crippen LogP contribution is 2.31. The van der Waals surface area contributed by atoms with Crippen molar-refractivity contribution in [2.24, 2.45) is 0 Å². The lowest BCUT2D eigenvalue weighted by Gasteiger charge is -2.42. The number of likely N-dealkylation sites (tertiary alicyclic amines) is 1. The van der Waals surface area contributed by atoms with Crippen LogP contribution in [0.3, 0.4) is 0 Å². The Balaban J connectivity index is 1.63. The summed E-state index contributed by atoms with van der Waals surface area (Å²) in [5, 5.41) is 2.27. The highest BCUT2D eigenvalue weighted by atomic mass is 19.3. The van der Waals surface area contributed by atoms with Gasteiger partial charge < -0.3 is 19.7 Å². The van der Waals surface area contributed by atoms with Gasteiger partial charge in [-0.1, -0.05) is 72.8 Å². The number of alkyl halides is 2. The molecule has 0 aromatic heterocycles. The molecule has 2 amide bonds. The summed E-state index contributed by atoms with van der Waals surface area (Å²) in [6, 6.07) is 17.9. The fourth-order valence-electron chi connectivity index (χ4n) is 3.41. The summed E-state index contributed by atoms with van der Waals surface area (Å²) in [7, 11) is 0. The first-order valence-electron chi connectivity index (χ1n) is 9.77. The van der Waals surface area contributed by atoms with Crippen molar-refractivity contribution < 1.29 is 27.8 Å². The summed E-state index contributed by atoms with van der Waals surface area (Å²) in [4.78, 5) is 25.9. The maximum atomic E-state index is 14.1. The molecule has 0 bridgehead atoms. The maximum Gasteiger partial charge on any atom is 0.410 e. The molecule has 0 aliphatic carbocycles. The Bertz CT molecular complexity index is 908. The predicted octanol–water partition coefficient (Wildman–Crippen LogP) is 4.52. The number of ether oxygens (including phenoxy) is 2. The average Bonchev–Trinajstić information content (AvgIpc) is 2.77. The number of carbonyl (C=O) groups is 2. The van der Waals surface area contributed by atoms with Crippen molar-refractivity contribution in [3.8, 4) is 0 Å². The van der Waals surface area contributed by atoms with E-state index in [9.17, 15) is 18.4 Å². The maximum absolute atomic E-state index is 14.1. The van der Waals surface area contributed by atoms with Crippen molar-refractivity contribution in [1.82, 2.24) is 10.2 Å². The van der Waals surface area contributed by atoms with E-state index in [-0.39, 0.29) is 26.2 Å². The van der Waals surface area contributed by atoms with Crippen LogP contribution >= 0.6 is 0 Å². The largest absolute Gasteiger partial charge is 0.445 e. The van der Waals surface area contributed by atoms with Crippen LogP contribution in [0.2, 0.25) is 0 Å². The van der Waals surface area contributed by atoms with Gasteiger partial charge in [0.15, 0.2) is 0 Å². The average molecular weight is 430 g/mol.